The summed E-state index contributed by atoms with van der Waals surface area (Å²) in [4.78, 5) is 0. The van der Waals surface area contributed by atoms with Crippen LogP contribution in [-0.2, 0) is 14.8 Å². The Morgan fingerprint density at radius 3 is 2.75 bits per heavy atom. The molecular formula is C13H16ClNO4S. The smallest absolute Gasteiger partial charge is 0.236 e. The van der Waals surface area contributed by atoms with Crippen molar-refractivity contribution in [3.05, 3.63) is 40.3 Å². The van der Waals surface area contributed by atoms with Gasteiger partial charge in [0, 0.05) is 23.5 Å². The number of hydrogen-bond acceptors (Lipinski definition) is 4. The van der Waals surface area contributed by atoms with E-state index in [0.717, 1.165) is 11.0 Å². The quantitative estimate of drug-likeness (QED) is 0.910. The first-order valence-electron chi connectivity index (χ1n) is 6.17. The normalized spacial score (nSPS) is 21.4. The summed E-state index contributed by atoms with van der Waals surface area (Å²) >= 11 is 5.77. The zero-order valence-electron chi connectivity index (χ0n) is 10.8. The minimum Gasteiger partial charge on any atom is -0.394 e. The van der Waals surface area contributed by atoms with Crippen molar-refractivity contribution in [2.75, 3.05) is 26.3 Å². The number of aliphatic hydroxyl groups is 1. The van der Waals surface area contributed by atoms with Crippen LogP contribution in [0, 0.1) is 0 Å². The van der Waals surface area contributed by atoms with Crippen LogP contribution in [0.3, 0.4) is 0 Å². The fourth-order valence-corrected chi connectivity index (χ4v) is 3.19. The first-order chi connectivity index (χ1) is 9.51. The molecule has 0 aromatic heterocycles. The third kappa shape index (κ3) is 4.04. The molecule has 1 heterocycles. The highest BCUT2D eigenvalue weighted by atomic mass is 35.5. The van der Waals surface area contributed by atoms with Gasteiger partial charge in [-0.05, 0) is 23.8 Å². The van der Waals surface area contributed by atoms with Crippen molar-refractivity contribution >= 4 is 27.7 Å². The molecule has 110 valence electrons. The Labute approximate surface area is 123 Å². The molecule has 0 radical (unpaired) electrons. The van der Waals surface area contributed by atoms with Crippen molar-refractivity contribution in [1.29, 1.82) is 0 Å². The second-order valence-electron chi connectivity index (χ2n) is 4.43. The third-order valence-corrected chi connectivity index (χ3v) is 4.75. The highest BCUT2D eigenvalue weighted by Crippen LogP contribution is 2.14. The van der Waals surface area contributed by atoms with Crippen molar-refractivity contribution in [1.82, 2.24) is 4.31 Å². The summed E-state index contributed by atoms with van der Waals surface area (Å²) in [6.07, 6.45) is 1.07. The predicted molar refractivity (Wildman–Crippen MR) is 77.8 cm³/mol. The van der Waals surface area contributed by atoms with Gasteiger partial charge in [-0.15, -0.1) is 0 Å². The van der Waals surface area contributed by atoms with E-state index < -0.39 is 16.1 Å². The van der Waals surface area contributed by atoms with Crippen LogP contribution in [0.2, 0.25) is 5.02 Å². The Balaban J connectivity index is 2.08. The second kappa shape index (κ2) is 6.69. The van der Waals surface area contributed by atoms with Crippen LogP contribution in [0.15, 0.2) is 29.7 Å². The first-order valence-corrected chi connectivity index (χ1v) is 8.05. The number of nitrogens with zero attached hydrogens (tertiary/aromatic N) is 1. The molecule has 2 rings (SSSR count). The van der Waals surface area contributed by atoms with Gasteiger partial charge in [0.05, 0.1) is 19.3 Å². The van der Waals surface area contributed by atoms with E-state index in [1.807, 2.05) is 0 Å². The fourth-order valence-electron chi connectivity index (χ4n) is 1.86. The number of aliphatic hydroxyl groups excluding tert-OH is 1. The third-order valence-electron chi connectivity index (χ3n) is 2.97. The molecule has 20 heavy (non-hydrogen) atoms. The average Bonchev–Trinajstić information content (AvgIpc) is 2.47. The van der Waals surface area contributed by atoms with E-state index in [-0.39, 0.29) is 13.2 Å². The Kier molecular flexibility index (Phi) is 5.17. The summed E-state index contributed by atoms with van der Waals surface area (Å²) in [6, 6.07) is 6.88. The molecule has 1 aromatic carbocycles. The molecule has 1 aromatic rings. The SMILES string of the molecule is O=S(=O)(/C=C/c1ccc(Cl)cc1)N1CCOC(CO)C1. The van der Waals surface area contributed by atoms with E-state index in [2.05, 4.69) is 0 Å². The Bertz CT molecular complexity index is 571. The van der Waals surface area contributed by atoms with E-state index in [0.29, 0.717) is 18.2 Å². The predicted octanol–water partition coefficient (Wildman–Crippen LogP) is 1.33. The summed E-state index contributed by atoms with van der Waals surface area (Å²) in [6.45, 7) is 0.569. The van der Waals surface area contributed by atoms with Crippen LogP contribution in [0.4, 0.5) is 0 Å². The largest absolute Gasteiger partial charge is 0.394 e. The van der Waals surface area contributed by atoms with Gasteiger partial charge in [-0.2, -0.15) is 4.31 Å². The molecule has 7 heteroatoms. The summed E-state index contributed by atoms with van der Waals surface area (Å²) in [5.41, 5.74) is 0.755. The zero-order valence-corrected chi connectivity index (χ0v) is 12.3. The second-order valence-corrected chi connectivity index (χ2v) is 6.69. The van der Waals surface area contributed by atoms with Crippen molar-refractivity contribution in [3.8, 4) is 0 Å². The van der Waals surface area contributed by atoms with E-state index in [1.54, 1.807) is 24.3 Å². The van der Waals surface area contributed by atoms with Gasteiger partial charge in [0.1, 0.15) is 0 Å². The number of ether oxygens (including phenoxy) is 1. The molecule has 1 N–H and O–H groups in total. The lowest BCUT2D eigenvalue weighted by Crippen LogP contribution is -2.46. The summed E-state index contributed by atoms with van der Waals surface area (Å²) in [5.74, 6) is 0. The minimum atomic E-state index is -3.51. The molecule has 0 aliphatic carbocycles. The molecule has 0 saturated carbocycles. The number of hydrogen-bond donors (Lipinski definition) is 1. The molecule has 1 aliphatic heterocycles. The van der Waals surface area contributed by atoms with Crippen LogP contribution in [-0.4, -0.2) is 50.2 Å². The van der Waals surface area contributed by atoms with Crippen molar-refractivity contribution in [2.45, 2.75) is 6.10 Å². The van der Waals surface area contributed by atoms with Gasteiger partial charge in [-0.3, -0.25) is 0 Å². The molecule has 5 nitrogen and oxygen atoms in total. The van der Waals surface area contributed by atoms with Crippen LogP contribution < -0.4 is 0 Å². The number of morpholine rings is 1. The van der Waals surface area contributed by atoms with Crippen molar-refractivity contribution in [3.63, 3.8) is 0 Å². The van der Waals surface area contributed by atoms with Crippen LogP contribution in [0.25, 0.3) is 6.08 Å². The summed E-state index contributed by atoms with van der Waals surface area (Å²) in [7, 11) is -3.51. The Morgan fingerprint density at radius 1 is 1.40 bits per heavy atom. The number of rotatable bonds is 4. The fraction of sp³-hybridized carbons (Fsp3) is 0.385. The maximum atomic E-state index is 12.2. The topological polar surface area (TPSA) is 66.8 Å². The van der Waals surface area contributed by atoms with E-state index in [4.69, 9.17) is 21.4 Å². The molecule has 0 spiro atoms. The lowest BCUT2D eigenvalue weighted by molar-refractivity contribution is -0.0301. The molecule has 1 unspecified atom stereocenters. The number of halogens is 1. The van der Waals surface area contributed by atoms with Gasteiger partial charge in [0.2, 0.25) is 10.0 Å². The average molecular weight is 318 g/mol. The maximum Gasteiger partial charge on any atom is 0.236 e. The van der Waals surface area contributed by atoms with Gasteiger partial charge < -0.3 is 9.84 Å². The van der Waals surface area contributed by atoms with Gasteiger partial charge in [0.15, 0.2) is 0 Å². The van der Waals surface area contributed by atoms with Crippen molar-refractivity contribution < 1.29 is 18.3 Å². The van der Waals surface area contributed by atoms with Gasteiger partial charge in [-0.1, -0.05) is 23.7 Å². The van der Waals surface area contributed by atoms with Crippen LogP contribution >= 0.6 is 11.6 Å². The maximum absolute atomic E-state index is 12.2. The van der Waals surface area contributed by atoms with Crippen LogP contribution in [0.1, 0.15) is 5.56 Å². The zero-order chi connectivity index (χ0) is 14.6. The Morgan fingerprint density at radius 2 is 2.10 bits per heavy atom. The lowest BCUT2D eigenvalue weighted by atomic mass is 10.2. The van der Waals surface area contributed by atoms with E-state index >= 15 is 0 Å². The molecule has 1 atom stereocenters. The summed E-state index contributed by atoms with van der Waals surface area (Å²) in [5, 5.41) is 10.8. The molecule has 0 bridgehead atoms. The van der Waals surface area contributed by atoms with Crippen molar-refractivity contribution in [2.24, 2.45) is 0 Å². The lowest BCUT2D eigenvalue weighted by Gasteiger charge is -2.30. The number of benzene rings is 1. The van der Waals surface area contributed by atoms with E-state index in [9.17, 15) is 8.42 Å². The van der Waals surface area contributed by atoms with Gasteiger partial charge in [0.25, 0.3) is 0 Å². The highest BCUT2D eigenvalue weighted by Gasteiger charge is 2.27. The van der Waals surface area contributed by atoms with Gasteiger partial charge in [-0.25, -0.2) is 8.42 Å². The monoisotopic (exact) mass is 317 g/mol. The first kappa shape index (κ1) is 15.5. The standard InChI is InChI=1S/C13H16ClNO4S/c14-12-3-1-11(2-4-12)5-8-20(17,18)15-6-7-19-13(9-15)10-16/h1-5,8,13,16H,6-7,9-10H2/b8-5+. The van der Waals surface area contributed by atoms with Gasteiger partial charge >= 0.3 is 0 Å². The minimum absolute atomic E-state index is 0.170. The molecule has 1 saturated heterocycles. The number of sulfonamides is 1. The highest BCUT2D eigenvalue weighted by molar-refractivity contribution is 7.92. The molecule has 1 fully saturated rings. The molecular weight excluding hydrogens is 302 g/mol. The molecule has 0 amide bonds. The Hall–Kier alpha value is -0.920. The van der Waals surface area contributed by atoms with Crippen LogP contribution in [0.5, 0.6) is 0 Å². The summed E-state index contributed by atoms with van der Waals surface area (Å²) < 4.78 is 30.9. The van der Waals surface area contributed by atoms with E-state index in [1.165, 1.54) is 10.4 Å². The molecule has 1 aliphatic rings.